The van der Waals surface area contributed by atoms with Gasteiger partial charge in [0.1, 0.15) is 11.6 Å². The van der Waals surface area contributed by atoms with Gasteiger partial charge >= 0.3 is 0 Å². The van der Waals surface area contributed by atoms with Crippen LogP contribution in [0.5, 0.6) is 0 Å². The minimum atomic E-state index is -1.14. The molecule has 1 aromatic rings. The highest BCUT2D eigenvalue weighted by molar-refractivity contribution is 6.30. The molecule has 8 nitrogen and oxygen atoms in total. The van der Waals surface area contributed by atoms with Crippen molar-refractivity contribution < 1.29 is 19.1 Å². The summed E-state index contributed by atoms with van der Waals surface area (Å²) in [5.41, 5.74) is -0.567. The SMILES string of the molecule is CCCN(CCC)CCCN1C(=O)[C@H]2[C@@H](C(=O)Nc3cccc(Cl)c3)[C@@H]3C=C[C@]2(O3)C1C(=O)NC1CCCCC1. The van der Waals surface area contributed by atoms with Gasteiger partial charge in [0.05, 0.1) is 17.9 Å². The van der Waals surface area contributed by atoms with Gasteiger partial charge in [-0.1, -0.05) is 62.9 Å². The van der Waals surface area contributed by atoms with E-state index in [2.05, 4.69) is 29.4 Å². The van der Waals surface area contributed by atoms with Crippen LogP contribution in [0.25, 0.3) is 0 Å². The molecule has 40 heavy (non-hydrogen) atoms. The summed E-state index contributed by atoms with van der Waals surface area (Å²) in [6, 6.07) is 6.29. The van der Waals surface area contributed by atoms with Crippen LogP contribution in [0.15, 0.2) is 36.4 Å². The van der Waals surface area contributed by atoms with Crippen molar-refractivity contribution in [2.45, 2.75) is 89.0 Å². The van der Waals surface area contributed by atoms with Gasteiger partial charge < -0.3 is 25.2 Å². The summed E-state index contributed by atoms with van der Waals surface area (Å²) in [4.78, 5) is 45.8. The molecule has 0 aromatic heterocycles. The number of nitrogens with zero attached hydrogens (tertiary/aromatic N) is 2. The molecular weight excluding hydrogens is 528 g/mol. The summed E-state index contributed by atoms with van der Waals surface area (Å²) >= 11 is 6.13. The Morgan fingerprint density at radius 3 is 2.55 bits per heavy atom. The molecule has 3 fully saturated rings. The number of carbonyl (C=O) groups is 3. The first-order valence-corrected chi connectivity index (χ1v) is 15.5. The van der Waals surface area contributed by atoms with Gasteiger partial charge in [0.2, 0.25) is 17.7 Å². The van der Waals surface area contributed by atoms with E-state index >= 15 is 0 Å². The maximum atomic E-state index is 14.1. The third kappa shape index (κ3) is 5.68. The number of amides is 3. The number of rotatable bonds is 12. The van der Waals surface area contributed by atoms with Gasteiger partial charge in [-0.3, -0.25) is 14.4 Å². The van der Waals surface area contributed by atoms with E-state index < -0.39 is 29.6 Å². The monoisotopic (exact) mass is 570 g/mol. The smallest absolute Gasteiger partial charge is 0.246 e. The highest BCUT2D eigenvalue weighted by atomic mass is 35.5. The second-order valence-corrected chi connectivity index (χ2v) is 12.2. The third-order valence-electron chi connectivity index (χ3n) is 8.92. The number of halogens is 1. The largest absolute Gasteiger partial charge is 0.359 e. The van der Waals surface area contributed by atoms with E-state index in [1.165, 1.54) is 6.42 Å². The fraction of sp³-hybridized carbons (Fsp3) is 0.645. The summed E-state index contributed by atoms with van der Waals surface area (Å²) in [6.07, 6.45) is 11.4. The number of benzene rings is 1. The molecule has 3 aliphatic heterocycles. The molecular formula is C31H43ClN4O4. The maximum Gasteiger partial charge on any atom is 0.246 e. The molecule has 4 aliphatic rings. The van der Waals surface area contributed by atoms with E-state index in [4.69, 9.17) is 16.3 Å². The molecule has 2 bridgehead atoms. The van der Waals surface area contributed by atoms with Crippen molar-refractivity contribution in [3.8, 4) is 0 Å². The maximum absolute atomic E-state index is 14.1. The Morgan fingerprint density at radius 1 is 1.10 bits per heavy atom. The lowest BCUT2D eigenvalue weighted by atomic mass is 9.74. The van der Waals surface area contributed by atoms with Crippen LogP contribution >= 0.6 is 11.6 Å². The number of nitrogens with one attached hydrogen (secondary N) is 2. The van der Waals surface area contributed by atoms with Gasteiger partial charge in [0.15, 0.2) is 0 Å². The lowest BCUT2D eigenvalue weighted by molar-refractivity contribution is -0.141. The first kappa shape index (κ1) is 29.1. The van der Waals surface area contributed by atoms with Crippen LogP contribution in [0.1, 0.15) is 65.2 Å². The van der Waals surface area contributed by atoms with Crippen LogP contribution in [-0.4, -0.2) is 77.5 Å². The van der Waals surface area contributed by atoms with Crippen LogP contribution < -0.4 is 10.6 Å². The van der Waals surface area contributed by atoms with E-state index in [-0.39, 0.29) is 23.8 Å². The highest BCUT2D eigenvalue weighted by Gasteiger charge is 2.72. The lowest BCUT2D eigenvalue weighted by Gasteiger charge is -2.34. The molecule has 2 saturated heterocycles. The zero-order chi connectivity index (χ0) is 28.3. The zero-order valence-electron chi connectivity index (χ0n) is 23.7. The van der Waals surface area contributed by atoms with Crippen molar-refractivity contribution in [1.29, 1.82) is 0 Å². The Bertz CT molecular complexity index is 1120. The molecule has 5 rings (SSSR count). The quantitative estimate of drug-likeness (QED) is 0.364. The van der Waals surface area contributed by atoms with Gasteiger partial charge in [-0.15, -0.1) is 0 Å². The van der Waals surface area contributed by atoms with Gasteiger partial charge in [-0.2, -0.15) is 0 Å². The second kappa shape index (κ2) is 12.6. The van der Waals surface area contributed by atoms with E-state index in [0.717, 1.165) is 64.6 Å². The normalized spacial score (nSPS) is 29.3. The Balaban J connectivity index is 1.38. The second-order valence-electron chi connectivity index (χ2n) is 11.8. The molecule has 1 spiro atoms. The van der Waals surface area contributed by atoms with Crippen LogP contribution in [0.2, 0.25) is 5.02 Å². The number of carbonyl (C=O) groups excluding carboxylic acids is 3. The Hall–Kier alpha value is -2.42. The number of ether oxygens (including phenoxy) is 1. The predicted octanol–water partition coefficient (Wildman–Crippen LogP) is 4.39. The van der Waals surface area contributed by atoms with Crippen LogP contribution in [-0.2, 0) is 19.1 Å². The Kier molecular flexibility index (Phi) is 9.18. The van der Waals surface area contributed by atoms with E-state index in [1.807, 2.05) is 12.2 Å². The van der Waals surface area contributed by atoms with Gasteiger partial charge in [-0.05, 0) is 69.9 Å². The molecule has 5 atom stereocenters. The highest BCUT2D eigenvalue weighted by Crippen LogP contribution is 2.55. The molecule has 3 heterocycles. The van der Waals surface area contributed by atoms with E-state index in [9.17, 15) is 14.4 Å². The van der Waals surface area contributed by atoms with Crippen molar-refractivity contribution >= 4 is 35.0 Å². The number of hydrogen-bond acceptors (Lipinski definition) is 5. The lowest BCUT2D eigenvalue weighted by Crippen LogP contribution is -2.56. The molecule has 3 amide bonds. The number of fused-ring (bicyclic) bond motifs is 1. The van der Waals surface area contributed by atoms with Crippen molar-refractivity contribution in [2.75, 3.05) is 31.5 Å². The van der Waals surface area contributed by atoms with Crippen molar-refractivity contribution in [1.82, 2.24) is 15.1 Å². The first-order chi connectivity index (χ1) is 19.4. The van der Waals surface area contributed by atoms with Gasteiger partial charge in [0.25, 0.3) is 0 Å². The van der Waals surface area contributed by atoms with E-state index in [0.29, 0.717) is 17.3 Å². The molecule has 9 heteroatoms. The minimum absolute atomic E-state index is 0.114. The van der Waals surface area contributed by atoms with Gasteiger partial charge in [0, 0.05) is 23.3 Å². The zero-order valence-corrected chi connectivity index (χ0v) is 24.5. The predicted molar refractivity (Wildman–Crippen MR) is 156 cm³/mol. The summed E-state index contributed by atoms with van der Waals surface area (Å²) < 4.78 is 6.48. The summed E-state index contributed by atoms with van der Waals surface area (Å²) in [6.45, 7) is 7.69. The molecule has 0 radical (unpaired) electrons. The van der Waals surface area contributed by atoms with Gasteiger partial charge in [-0.25, -0.2) is 0 Å². The average Bonchev–Trinajstić information content (AvgIpc) is 3.57. The fourth-order valence-corrected chi connectivity index (χ4v) is 7.45. The molecule has 2 N–H and O–H groups in total. The Labute approximate surface area is 242 Å². The van der Waals surface area contributed by atoms with Crippen molar-refractivity contribution in [3.63, 3.8) is 0 Å². The average molecular weight is 571 g/mol. The molecule has 1 saturated carbocycles. The third-order valence-corrected chi connectivity index (χ3v) is 9.16. The molecule has 1 aliphatic carbocycles. The molecule has 1 aromatic carbocycles. The van der Waals surface area contributed by atoms with E-state index in [1.54, 1.807) is 29.2 Å². The number of anilines is 1. The minimum Gasteiger partial charge on any atom is -0.359 e. The van der Waals surface area contributed by atoms with Crippen molar-refractivity contribution in [3.05, 3.63) is 41.4 Å². The molecule has 1 unspecified atom stereocenters. The number of hydrogen-bond donors (Lipinski definition) is 2. The molecule has 218 valence electrons. The summed E-state index contributed by atoms with van der Waals surface area (Å²) in [7, 11) is 0. The van der Waals surface area contributed by atoms with Crippen LogP contribution in [0.3, 0.4) is 0 Å². The van der Waals surface area contributed by atoms with Crippen LogP contribution in [0, 0.1) is 11.8 Å². The summed E-state index contributed by atoms with van der Waals surface area (Å²) in [5, 5.41) is 6.71. The summed E-state index contributed by atoms with van der Waals surface area (Å²) in [5.74, 6) is -2.08. The topological polar surface area (TPSA) is 91.0 Å². The fourth-order valence-electron chi connectivity index (χ4n) is 7.26. The number of likely N-dealkylation sites (tertiary alicyclic amines) is 1. The Morgan fingerprint density at radius 2 is 1.85 bits per heavy atom. The first-order valence-electron chi connectivity index (χ1n) is 15.1. The van der Waals surface area contributed by atoms with Crippen molar-refractivity contribution in [2.24, 2.45) is 11.8 Å². The van der Waals surface area contributed by atoms with Crippen LogP contribution in [0.4, 0.5) is 5.69 Å². The standard InChI is InChI=1S/C31H43ClN4O4/c1-3-16-35(17-4-2)18-9-19-36-27(29(38)33-22-11-6-5-7-12-22)31-15-14-24(40-31)25(26(31)30(36)39)28(37)34-23-13-8-10-21(32)20-23/h8,10,13-15,20,22,24-27H,3-7,9,11-12,16-19H2,1-2H3,(H,33,38)(H,34,37)/t24-,25-,26+,27?,31+/m0/s1.